The van der Waals surface area contributed by atoms with Gasteiger partial charge in [0, 0.05) is 5.69 Å². The van der Waals surface area contributed by atoms with Gasteiger partial charge in [0.1, 0.15) is 5.60 Å². The van der Waals surface area contributed by atoms with Gasteiger partial charge in [-0.3, -0.25) is 5.32 Å². The summed E-state index contributed by atoms with van der Waals surface area (Å²) in [5.74, 6) is -6.42. The highest BCUT2D eigenvalue weighted by Crippen LogP contribution is 2.35. The van der Waals surface area contributed by atoms with E-state index in [4.69, 9.17) is 21.4 Å². The molecule has 0 heterocycles. The molecule has 8 heteroatoms. The van der Waals surface area contributed by atoms with Gasteiger partial charge in [-0.15, -0.1) is 0 Å². The van der Waals surface area contributed by atoms with Crippen LogP contribution in [0.1, 0.15) is 26.3 Å². The second-order valence-corrected chi connectivity index (χ2v) is 5.61. The third kappa shape index (κ3) is 4.56. The van der Waals surface area contributed by atoms with Crippen LogP contribution < -0.4 is 5.32 Å². The molecule has 0 atom stereocenters. The van der Waals surface area contributed by atoms with Crippen LogP contribution in [0.25, 0.3) is 0 Å². The van der Waals surface area contributed by atoms with Crippen LogP contribution in [-0.4, -0.2) is 22.8 Å². The number of carboxylic acid groups (broad SMARTS) is 1. The second kappa shape index (κ2) is 5.85. The Labute approximate surface area is 124 Å². The number of carbonyl (C=O) groups is 2. The molecule has 0 fully saturated rings. The molecule has 1 amide bonds. The fourth-order valence-electron chi connectivity index (χ4n) is 1.38. The first-order valence-electron chi connectivity index (χ1n) is 5.85. The van der Waals surface area contributed by atoms with Crippen LogP contribution in [0.4, 0.5) is 19.3 Å². The summed E-state index contributed by atoms with van der Waals surface area (Å²) in [5, 5.41) is 10.3. The van der Waals surface area contributed by atoms with E-state index in [1.54, 1.807) is 20.8 Å². The number of anilines is 1. The first-order valence-corrected chi connectivity index (χ1v) is 6.22. The predicted molar refractivity (Wildman–Crippen MR) is 72.8 cm³/mol. The number of hydrogen-bond donors (Lipinski definition) is 2. The molecule has 116 valence electrons. The Hall–Kier alpha value is -1.89. The Balaban J connectivity index is 2.94. The fraction of sp³-hybridized carbons (Fsp3) is 0.385. The van der Waals surface area contributed by atoms with Crippen molar-refractivity contribution in [1.29, 1.82) is 0 Å². The number of aliphatic carboxylic acids is 1. The topological polar surface area (TPSA) is 75.6 Å². The summed E-state index contributed by atoms with van der Waals surface area (Å²) in [6.07, 6.45) is -0.781. The van der Waals surface area contributed by atoms with Gasteiger partial charge < -0.3 is 9.84 Å². The van der Waals surface area contributed by atoms with E-state index >= 15 is 0 Å². The first kappa shape index (κ1) is 17.2. The van der Waals surface area contributed by atoms with E-state index < -0.39 is 34.2 Å². The molecular formula is C13H14ClF2NO4. The molecule has 0 aliphatic carbocycles. The average Bonchev–Trinajstić information content (AvgIpc) is 2.25. The van der Waals surface area contributed by atoms with Crippen molar-refractivity contribution in [2.75, 3.05) is 5.32 Å². The standard InChI is InChI=1S/C13H14ClF2NO4/c1-12(2,3)21-11(20)17-7-4-5-8(9(14)6-7)13(15,16)10(18)19/h4-6H,1-3H3,(H,17,20)(H,18,19). The van der Waals surface area contributed by atoms with Gasteiger partial charge in [-0.25, -0.2) is 9.59 Å². The zero-order valence-corrected chi connectivity index (χ0v) is 12.3. The Bertz CT molecular complexity index is 570. The molecule has 0 aromatic heterocycles. The number of amides is 1. The van der Waals surface area contributed by atoms with Crippen molar-refractivity contribution in [3.05, 3.63) is 28.8 Å². The molecule has 1 aromatic carbocycles. The Morgan fingerprint density at radius 3 is 2.29 bits per heavy atom. The number of ether oxygens (including phenoxy) is 1. The van der Waals surface area contributed by atoms with Crippen LogP contribution in [0.3, 0.4) is 0 Å². The van der Waals surface area contributed by atoms with Gasteiger partial charge in [-0.2, -0.15) is 8.78 Å². The highest BCUT2D eigenvalue weighted by molar-refractivity contribution is 6.32. The fourth-order valence-corrected chi connectivity index (χ4v) is 1.68. The summed E-state index contributed by atoms with van der Waals surface area (Å²) >= 11 is 5.64. The largest absolute Gasteiger partial charge is 0.477 e. The minimum absolute atomic E-state index is 0.110. The van der Waals surface area contributed by atoms with Gasteiger partial charge in [0.25, 0.3) is 0 Å². The van der Waals surface area contributed by atoms with Crippen molar-refractivity contribution in [1.82, 2.24) is 0 Å². The first-order chi connectivity index (χ1) is 9.43. The summed E-state index contributed by atoms with van der Waals surface area (Å²) in [6.45, 7) is 4.99. The van der Waals surface area contributed by atoms with Crippen molar-refractivity contribution < 1.29 is 28.2 Å². The van der Waals surface area contributed by atoms with Gasteiger partial charge in [0.15, 0.2) is 0 Å². The summed E-state index contributed by atoms with van der Waals surface area (Å²) in [7, 11) is 0. The lowest BCUT2D eigenvalue weighted by Gasteiger charge is -2.20. The third-order valence-electron chi connectivity index (χ3n) is 2.22. The summed E-state index contributed by atoms with van der Waals surface area (Å²) < 4.78 is 31.7. The number of alkyl halides is 2. The quantitative estimate of drug-likeness (QED) is 0.886. The van der Waals surface area contributed by atoms with Crippen LogP contribution in [-0.2, 0) is 15.5 Å². The van der Waals surface area contributed by atoms with E-state index in [2.05, 4.69) is 5.32 Å². The number of rotatable bonds is 3. The van der Waals surface area contributed by atoms with Crippen LogP contribution >= 0.6 is 11.6 Å². The lowest BCUT2D eigenvalue weighted by Crippen LogP contribution is -2.27. The maximum atomic E-state index is 13.4. The second-order valence-electron chi connectivity index (χ2n) is 5.20. The van der Waals surface area contributed by atoms with Crippen molar-refractivity contribution >= 4 is 29.4 Å². The molecule has 0 aliphatic heterocycles. The average molecular weight is 322 g/mol. The third-order valence-corrected chi connectivity index (χ3v) is 2.53. The zero-order valence-electron chi connectivity index (χ0n) is 11.5. The monoisotopic (exact) mass is 321 g/mol. The lowest BCUT2D eigenvalue weighted by atomic mass is 10.1. The number of carbonyl (C=O) groups excluding carboxylic acids is 1. The molecule has 21 heavy (non-hydrogen) atoms. The maximum absolute atomic E-state index is 13.4. The number of nitrogens with one attached hydrogen (secondary N) is 1. The molecule has 0 saturated heterocycles. The van der Waals surface area contributed by atoms with Crippen LogP contribution in [0.5, 0.6) is 0 Å². The number of hydrogen-bond acceptors (Lipinski definition) is 3. The lowest BCUT2D eigenvalue weighted by molar-refractivity contribution is -0.166. The molecule has 0 aliphatic rings. The molecule has 5 nitrogen and oxygen atoms in total. The normalized spacial score (nSPS) is 11.9. The van der Waals surface area contributed by atoms with E-state index in [0.717, 1.165) is 18.2 Å². The Kier molecular flexibility index (Phi) is 4.78. The zero-order chi connectivity index (χ0) is 16.4. The van der Waals surface area contributed by atoms with E-state index in [1.165, 1.54) is 0 Å². The maximum Gasteiger partial charge on any atom is 0.412 e. The smallest absolute Gasteiger partial charge is 0.412 e. The van der Waals surface area contributed by atoms with Crippen molar-refractivity contribution in [2.24, 2.45) is 0 Å². The van der Waals surface area contributed by atoms with E-state index in [1.807, 2.05) is 0 Å². The van der Waals surface area contributed by atoms with Crippen molar-refractivity contribution in [2.45, 2.75) is 32.3 Å². The molecule has 0 spiro atoms. The minimum atomic E-state index is -4.11. The highest BCUT2D eigenvalue weighted by Gasteiger charge is 2.42. The molecule has 2 N–H and O–H groups in total. The molecular weight excluding hydrogens is 308 g/mol. The Morgan fingerprint density at radius 2 is 1.86 bits per heavy atom. The summed E-state index contributed by atoms with van der Waals surface area (Å²) in [4.78, 5) is 22.0. The van der Waals surface area contributed by atoms with Crippen LogP contribution in [0.2, 0.25) is 5.02 Å². The summed E-state index contributed by atoms with van der Waals surface area (Å²) in [6, 6.07) is 2.97. The van der Waals surface area contributed by atoms with Crippen LogP contribution in [0.15, 0.2) is 18.2 Å². The van der Waals surface area contributed by atoms with Crippen molar-refractivity contribution in [3.8, 4) is 0 Å². The SMILES string of the molecule is CC(C)(C)OC(=O)Nc1ccc(C(F)(F)C(=O)O)c(Cl)c1. The number of halogens is 3. The molecule has 0 bridgehead atoms. The Morgan fingerprint density at radius 1 is 1.29 bits per heavy atom. The predicted octanol–water partition coefficient (Wildman–Crippen LogP) is 3.86. The summed E-state index contributed by atoms with van der Waals surface area (Å²) in [5.41, 5.74) is -1.46. The van der Waals surface area contributed by atoms with Gasteiger partial charge in [-0.05, 0) is 39.0 Å². The van der Waals surface area contributed by atoms with E-state index in [9.17, 15) is 18.4 Å². The van der Waals surface area contributed by atoms with Gasteiger partial charge in [0.2, 0.25) is 0 Å². The van der Waals surface area contributed by atoms with E-state index in [0.29, 0.717) is 0 Å². The van der Waals surface area contributed by atoms with Gasteiger partial charge >= 0.3 is 18.0 Å². The molecule has 0 radical (unpaired) electrons. The molecule has 0 saturated carbocycles. The number of benzene rings is 1. The van der Waals surface area contributed by atoms with Gasteiger partial charge in [-0.1, -0.05) is 11.6 Å². The highest BCUT2D eigenvalue weighted by atomic mass is 35.5. The van der Waals surface area contributed by atoms with Crippen LogP contribution in [0, 0.1) is 0 Å². The van der Waals surface area contributed by atoms with Gasteiger partial charge in [0.05, 0.1) is 10.6 Å². The van der Waals surface area contributed by atoms with Crippen molar-refractivity contribution in [3.63, 3.8) is 0 Å². The van der Waals surface area contributed by atoms with E-state index in [-0.39, 0.29) is 5.69 Å². The molecule has 0 unspecified atom stereocenters. The molecule has 1 rings (SSSR count). The minimum Gasteiger partial charge on any atom is -0.477 e. The number of carboxylic acids is 1. The molecule has 1 aromatic rings.